The zero-order chi connectivity index (χ0) is 9.07. The van der Waals surface area contributed by atoms with E-state index in [-0.39, 0.29) is 10.9 Å². The Labute approximate surface area is 73.9 Å². The molecule has 1 N–H and O–H groups in total. The minimum absolute atomic E-state index is 0.0566. The number of rotatable bonds is 4. The van der Waals surface area contributed by atoms with Gasteiger partial charge in [0.15, 0.2) is 0 Å². The molecule has 0 aromatic carbocycles. The van der Waals surface area contributed by atoms with Gasteiger partial charge in [-0.05, 0) is 33.4 Å². The van der Waals surface area contributed by atoms with Crippen LogP contribution in [0.3, 0.4) is 0 Å². The molecule has 0 spiro atoms. The molecule has 0 aromatic rings. The molecule has 0 radical (unpaired) electrons. The van der Waals surface area contributed by atoms with Crippen LogP contribution in [0.1, 0.15) is 27.2 Å². The summed E-state index contributed by atoms with van der Waals surface area (Å²) >= 11 is 1.69. The van der Waals surface area contributed by atoms with Crippen molar-refractivity contribution < 1.29 is 5.11 Å². The van der Waals surface area contributed by atoms with Crippen molar-refractivity contribution in [2.45, 2.75) is 38.0 Å². The zero-order valence-corrected chi connectivity index (χ0v) is 8.66. The third-order valence-corrected chi connectivity index (χ3v) is 3.19. The van der Waals surface area contributed by atoms with Gasteiger partial charge in [-0.3, -0.25) is 0 Å². The molecule has 0 aromatic heterocycles. The molecule has 1 nitrogen and oxygen atoms in total. The molecule has 66 valence electrons. The summed E-state index contributed by atoms with van der Waals surface area (Å²) in [6, 6.07) is 0. The summed E-state index contributed by atoms with van der Waals surface area (Å²) in [5.74, 6) is 0. The van der Waals surface area contributed by atoms with Gasteiger partial charge in [-0.2, -0.15) is 11.8 Å². The third-order valence-electron chi connectivity index (χ3n) is 1.87. The topological polar surface area (TPSA) is 20.2 Å². The van der Waals surface area contributed by atoms with E-state index in [2.05, 4.69) is 6.58 Å². The summed E-state index contributed by atoms with van der Waals surface area (Å²) < 4.78 is -0.0566. The molecule has 0 rings (SSSR count). The van der Waals surface area contributed by atoms with E-state index in [4.69, 9.17) is 0 Å². The Kier molecular flexibility index (Phi) is 4.19. The second-order valence-electron chi connectivity index (χ2n) is 3.48. The molecular weight excluding hydrogens is 156 g/mol. The van der Waals surface area contributed by atoms with Crippen LogP contribution in [0.5, 0.6) is 0 Å². The van der Waals surface area contributed by atoms with E-state index >= 15 is 0 Å². The van der Waals surface area contributed by atoms with Crippen LogP contribution in [0.4, 0.5) is 0 Å². The van der Waals surface area contributed by atoms with Gasteiger partial charge in [0.1, 0.15) is 0 Å². The van der Waals surface area contributed by atoms with Crippen molar-refractivity contribution in [1.82, 2.24) is 0 Å². The van der Waals surface area contributed by atoms with Crippen LogP contribution < -0.4 is 0 Å². The maximum absolute atomic E-state index is 9.67. The molecule has 0 saturated carbocycles. The van der Waals surface area contributed by atoms with Crippen molar-refractivity contribution in [1.29, 1.82) is 0 Å². The number of aliphatic hydroxyl groups is 1. The Morgan fingerprint density at radius 1 is 1.64 bits per heavy atom. The molecule has 0 saturated heterocycles. The molecule has 0 heterocycles. The van der Waals surface area contributed by atoms with Gasteiger partial charge < -0.3 is 5.11 Å². The average Bonchev–Trinajstić information content (AvgIpc) is 1.86. The molecule has 2 heteroatoms. The molecular formula is C9H18OS. The standard InChI is InChI=1S/C9H18OS/c1-7(2)6-8(10)9(3,4)11-5/h8,10H,1,6H2,2-5H3. The smallest absolute Gasteiger partial charge is 0.0718 e. The van der Waals surface area contributed by atoms with Crippen LogP contribution in [0.15, 0.2) is 12.2 Å². The fraction of sp³-hybridized carbons (Fsp3) is 0.778. The number of hydrogen-bond donors (Lipinski definition) is 1. The fourth-order valence-electron chi connectivity index (χ4n) is 0.712. The van der Waals surface area contributed by atoms with E-state index in [1.165, 1.54) is 0 Å². The molecule has 0 bridgehead atoms. The molecule has 0 aliphatic rings. The summed E-state index contributed by atoms with van der Waals surface area (Å²) in [4.78, 5) is 0. The molecule has 1 unspecified atom stereocenters. The van der Waals surface area contributed by atoms with Gasteiger partial charge in [-0.15, -0.1) is 6.58 Å². The lowest BCUT2D eigenvalue weighted by molar-refractivity contribution is 0.142. The van der Waals surface area contributed by atoms with Crippen molar-refractivity contribution in [3.05, 3.63) is 12.2 Å². The van der Waals surface area contributed by atoms with E-state index in [0.717, 1.165) is 5.57 Å². The van der Waals surface area contributed by atoms with Crippen molar-refractivity contribution >= 4 is 11.8 Å². The SMILES string of the molecule is C=C(C)CC(O)C(C)(C)SC. The molecule has 0 amide bonds. The first-order chi connectivity index (χ1) is 4.90. The maximum Gasteiger partial charge on any atom is 0.0718 e. The molecule has 11 heavy (non-hydrogen) atoms. The second-order valence-corrected chi connectivity index (χ2v) is 4.95. The van der Waals surface area contributed by atoms with Gasteiger partial charge in [0, 0.05) is 4.75 Å². The van der Waals surface area contributed by atoms with Gasteiger partial charge in [-0.1, -0.05) is 5.57 Å². The first-order valence-corrected chi connectivity index (χ1v) is 5.00. The van der Waals surface area contributed by atoms with Crippen LogP contribution in [-0.4, -0.2) is 22.2 Å². The van der Waals surface area contributed by atoms with Crippen LogP contribution in [0.25, 0.3) is 0 Å². The normalized spacial score (nSPS) is 14.6. The Bertz CT molecular complexity index is 140. The van der Waals surface area contributed by atoms with Gasteiger partial charge in [0.25, 0.3) is 0 Å². The van der Waals surface area contributed by atoms with Crippen molar-refractivity contribution in [2.75, 3.05) is 6.26 Å². The first kappa shape index (κ1) is 11.1. The van der Waals surface area contributed by atoms with E-state index in [1.54, 1.807) is 11.8 Å². The van der Waals surface area contributed by atoms with Crippen molar-refractivity contribution in [2.24, 2.45) is 0 Å². The minimum Gasteiger partial charge on any atom is -0.391 e. The Morgan fingerprint density at radius 2 is 2.09 bits per heavy atom. The Morgan fingerprint density at radius 3 is 2.36 bits per heavy atom. The molecule has 0 aliphatic heterocycles. The lowest BCUT2D eigenvalue weighted by Crippen LogP contribution is -2.32. The van der Waals surface area contributed by atoms with Crippen LogP contribution in [0, 0.1) is 0 Å². The van der Waals surface area contributed by atoms with Gasteiger partial charge in [-0.25, -0.2) is 0 Å². The van der Waals surface area contributed by atoms with E-state index < -0.39 is 0 Å². The van der Waals surface area contributed by atoms with E-state index in [9.17, 15) is 5.11 Å². The second kappa shape index (κ2) is 4.17. The fourth-order valence-corrected chi connectivity index (χ4v) is 1.07. The van der Waals surface area contributed by atoms with Gasteiger partial charge in [0.05, 0.1) is 6.10 Å². The lowest BCUT2D eigenvalue weighted by atomic mass is 10.00. The van der Waals surface area contributed by atoms with Crippen LogP contribution in [-0.2, 0) is 0 Å². The molecule has 0 aliphatic carbocycles. The van der Waals surface area contributed by atoms with Crippen molar-refractivity contribution in [3.8, 4) is 0 Å². The van der Waals surface area contributed by atoms with Gasteiger partial charge in [0.2, 0.25) is 0 Å². The number of thioether (sulfide) groups is 1. The minimum atomic E-state index is -0.282. The maximum atomic E-state index is 9.67. The van der Waals surface area contributed by atoms with Crippen molar-refractivity contribution in [3.63, 3.8) is 0 Å². The van der Waals surface area contributed by atoms with Gasteiger partial charge >= 0.3 is 0 Å². The molecule has 0 fully saturated rings. The predicted octanol–water partition coefficient (Wildman–Crippen LogP) is 2.46. The average molecular weight is 174 g/mol. The lowest BCUT2D eigenvalue weighted by Gasteiger charge is -2.28. The monoisotopic (exact) mass is 174 g/mol. The quantitative estimate of drug-likeness (QED) is 0.661. The predicted molar refractivity (Wildman–Crippen MR) is 53.0 cm³/mol. The summed E-state index contributed by atoms with van der Waals surface area (Å²) in [5.41, 5.74) is 1.04. The summed E-state index contributed by atoms with van der Waals surface area (Å²) in [6.45, 7) is 9.81. The van der Waals surface area contributed by atoms with E-state index in [0.29, 0.717) is 6.42 Å². The summed E-state index contributed by atoms with van der Waals surface area (Å²) in [7, 11) is 0. The van der Waals surface area contributed by atoms with Crippen LogP contribution >= 0.6 is 11.8 Å². The number of aliphatic hydroxyl groups excluding tert-OH is 1. The first-order valence-electron chi connectivity index (χ1n) is 3.77. The summed E-state index contributed by atoms with van der Waals surface area (Å²) in [6.07, 6.45) is 2.44. The Balaban J connectivity index is 4.01. The summed E-state index contributed by atoms with van der Waals surface area (Å²) in [5, 5.41) is 9.67. The van der Waals surface area contributed by atoms with Crippen LogP contribution in [0.2, 0.25) is 0 Å². The highest BCUT2D eigenvalue weighted by molar-refractivity contribution is 8.00. The largest absolute Gasteiger partial charge is 0.391 e. The Hall–Kier alpha value is 0.0500. The zero-order valence-electron chi connectivity index (χ0n) is 7.85. The number of hydrogen-bond acceptors (Lipinski definition) is 2. The highest BCUT2D eigenvalue weighted by atomic mass is 32.2. The third kappa shape index (κ3) is 3.82. The highest BCUT2D eigenvalue weighted by Crippen LogP contribution is 2.28. The highest BCUT2D eigenvalue weighted by Gasteiger charge is 2.25. The molecule has 1 atom stereocenters. The van der Waals surface area contributed by atoms with E-state index in [1.807, 2.05) is 27.0 Å².